The van der Waals surface area contributed by atoms with Crippen molar-refractivity contribution in [3.05, 3.63) is 40.6 Å². The Balaban J connectivity index is 2.12. The smallest absolute Gasteiger partial charge is 0.258 e. The van der Waals surface area contributed by atoms with Crippen molar-refractivity contribution in [1.82, 2.24) is 15.0 Å². The van der Waals surface area contributed by atoms with Crippen LogP contribution < -0.4 is 10.5 Å². The second kappa shape index (κ2) is 5.05. The Morgan fingerprint density at radius 3 is 3.00 bits per heavy atom. The van der Waals surface area contributed by atoms with Gasteiger partial charge in [-0.15, -0.1) is 0 Å². The summed E-state index contributed by atoms with van der Waals surface area (Å²) in [6.45, 7) is 0.0175. The molecule has 0 radical (unpaired) electrons. The lowest BCUT2D eigenvalue weighted by atomic mass is 10.3. The number of hydrogen-bond donors (Lipinski definition) is 1. The van der Waals surface area contributed by atoms with E-state index < -0.39 is 5.82 Å². The highest BCUT2D eigenvalue weighted by molar-refractivity contribution is 9.10. The number of ether oxygens (including phenoxy) is 1. The van der Waals surface area contributed by atoms with Crippen molar-refractivity contribution in [3.63, 3.8) is 0 Å². The molecule has 2 aromatic heterocycles. The molecular formula is C10H8BrFN4O. The number of halogens is 2. The molecule has 0 atom stereocenters. The van der Waals surface area contributed by atoms with Gasteiger partial charge in [-0.25, -0.2) is 14.4 Å². The maximum absolute atomic E-state index is 13.3. The van der Waals surface area contributed by atoms with Crippen molar-refractivity contribution in [2.75, 3.05) is 5.73 Å². The molecule has 0 aliphatic heterocycles. The summed E-state index contributed by atoms with van der Waals surface area (Å²) in [7, 11) is 0. The third-order valence-electron chi connectivity index (χ3n) is 1.96. The highest BCUT2D eigenvalue weighted by atomic mass is 79.9. The van der Waals surface area contributed by atoms with Gasteiger partial charge in [-0.3, -0.25) is 4.98 Å². The van der Waals surface area contributed by atoms with Gasteiger partial charge in [-0.2, -0.15) is 0 Å². The van der Waals surface area contributed by atoms with Gasteiger partial charge in [0.05, 0.1) is 12.4 Å². The predicted molar refractivity (Wildman–Crippen MR) is 62.7 cm³/mol. The van der Waals surface area contributed by atoms with Gasteiger partial charge in [0, 0.05) is 11.8 Å². The summed E-state index contributed by atoms with van der Waals surface area (Å²) >= 11 is 3.14. The number of nitrogen functional groups attached to an aromatic ring is 1. The SMILES string of the molecule is Nc1ncc(Br)nc1OCc1ccncc1F. The summed E-state index contributed by atoms with van der Waals surface area (Å²) in [5, 5.41) is 0. The first-order valence-corrected chi connectivity index (χ1v) is 5.45. The van der Waals surface area contributed by atoms with Gasteiger partial charge in [-0.1, -0.05) is 0 Å². The van der Waals surface area contributed by atoms with E-state index >= 15 is 0 Å². The van der Waals surface area contributed by atoms with Crippen LogP contribution in [0.15, 0.2) is 29.3 Å². The zero-order valence-electron chi connectivity index (χ0n) is 8.60. The Labute approximate surface area is 105 Å². The van der Waals surface area contributed by atoms with E-state index in [1.54, 1.807) is 0 Å². The molecule has 5 nitrogen and oxygen atoms in total. The Kier molecular flexibility index (Phi) is 3.48. The normalized spacial score (nSPS) is 10.2. The zero-order valence-corrected chi connectivity index (χ0v) is 10.2. The van der Waals surface area contributed by atoms with Crippen molar-refractivity contribution < 1.29 is 9.13 Å². The Hall–Kier alpha value is -1.76. The van der Waals surface area contributed by atoms with Crippen molar-refractivity contribution >= 4 is 21.7 Å². The van der Waals surface area contributed by atoms with E-state index in [-0.39, 0.29) is 18.3 Å². The average molecular weight is 299 g/mol. The first kappa shape index (κ1) is 11.7. The summed E-state index contributed by atoms with van der Waals surface area (Å²) in [4.78, 5) is 11.5. The quantitative estimate of drug-likeness (QED) is 0.937. The first-order valence-electron chi connectivity index (χ1n) is 4.66. The molecular weight excluding hydrogens is 291 g/mol. The average Bonchev–Trinajstić information content (AvgIpc) is 2.32. The van der Waals surface area contributed by atoms with Gasteiger partial charge in [0.2, 0.25) is 0 Å². The fraction of sp³-hybridized carbons (Fsp3) is 0.100. The fourth-order valence-electron chi connectivity index (χ4n) is 1.13. The van der Waals surface area contributed by atoms with E-state index in [1.807, 2.05) is 0 Å². The number of hydrogen-bond acceptors (Lipinski definition) is 5. The molecule has 0 aliphatic rings. The van der Waals surface area contributed by atoms with Crippen LogP contribution in [0.1, 0.15) is 5.56 Å². The van der Waals surface area contributed by atoms with Crippen LogP contribution in [-0.2, 0) is 6.61 Å². The number of anilines is 1. The second-order valence-corrected chi connectivity index (χ2v) is 3.95. The van der Waals surface area contributed by atoms with Gasteiger partial charge in [0.1, 0.15) is 17.0 Å². The molecule has 0 saturated carbocycles. The summed E-state index contributed by atoms with van der Waals surface area (Å²) in [6, 6.07) is 1.52. The van der Waals surface area contributed by atoms with Crippen molar-refractivity contribution in [2.24, 2.45) is 0 Å². The standard InChI is InChI=1S/C10H8BrFN4O/c11-8-4-15-9(13)10(16-8)17-5-6-1-2-14-3-7(6)12/h1-4H,5H2,(H2,13,15). The number of nitrogens with two attached hydrogens (primary N) is 1. The third-order valence-corrected chi connectivity index (χ3v) is 2.34. The second-order valence-electron chi connectivity index (χ2n) is 3.14. The van der Waals surface area contributed by atoms with Crippen molar-refractivity contribution in [2.45, 2.75) is 6.61 Å². The van der Waals surface area contributed by atoms with E-state index in [0.717, 1.165) is 6.20 Å². The topological polar surface area (TPSA) is 73.9 Å². The van der Waals surface area contributed by atoms with Crippen LogP contribution in [0.25, 0.3) is 0 Å². The molecule has 0 bridgehead atoms. The monoisotopic (exact) mass is 298 g/mol. The van der Waals surface area contributed by atoms with Crippen LogP contribution in [-0.4, -0.2) is 15.0 Å². The van der Waals surface area contributed by atoms with E-state index in [2.05, 4.69) is 30.9 Å². The van der Waals surface area contributed by atoms with Crippen molar-refractivity contribution in [1.29, 1.82) is 0 Å². The number of aromatic nitrogens is 3. The van der Waals surface area contributed by atoms with E-state index in [1.165, 1.54) is 18.5 Å². The first-order chi connectivity index (χ1) is 8.16. The number of nitrogens with zero attached hydrogens (tertiary/aromatic N) is 3. The Morgan fingerprint density at radius 1 is 1.41 bits per heavy atom. The largest absolute Gasteiger partial charge is 0.470 e. The minimum Gasteiger partial charge on any atom is -0.470 e. The lowest BCUT2D eigenvalue weighted by molar-refractivity contribution is 0.288. The molecule has 0 unspecified atom stereocenters. The molecule has 0 amide bonds. The van der Waals surface area contributed by atoms with Gasteiger partial charge >= 0.3 is 0 Å². The van der Waals surface area contributed by atoms with Crippen molar-refractivity contribution in [3.8, 4) is 5.88 Å². The number of rotatable bonds is 3. The molecule has 88 valence electrons. The number of pyridine rings is 1. The highest BCUT2D eigenvalue weighted by Crippen LogP contribution is 2.19. The summed E-state index contributed by atoms with van der Waals surface area (Å²) in [5.74, 6) is -0.118. The Bertz CT molecular complexity index is 537. The van der Waals surface area contributed by atoms with E-state index in [9.17, 15) is 4.39 Å². The molecule has 0 spiro atoms. The van der Waals surface area contributed by atoms with Crippen LogP contribution in [0.5, 0.6) is 5.88 Å². The van der Waals surface area contributed by atoms with Crippen LogP contribution in [0.4, 0.5) is 10.2 Å². The summed E-state index contributed by atoms with van der Waals surface area (Å²) < 4.78 is 19.0. The molecule has 2 N–H and O–H groups in total. The van der Waals surface area contributed by atoms with Gasteiger partial charge in [0.25, 0.3) is 5.88 Å². The third kappa shape index (κ3) is 2.88. The van der Waals surface area contributed by atoms with E-state index in [4.69, 9.17) is 10.5 Å². The fourth-order valence-corrected chi connectivity index (χ4v) is 1.40. The molecule has 17 heavy (non-hydrogen) atoms. The minimum absolute atomic E-state index is 0.0175. The predicted octanol–water partition coefficient (Wildman–Crippen LogP) is 1.93. The molecule has 2 aromatic rings. The molecule has 0 saturated heterocycles. The van der Waals surface area contributed by atoms with Gasteiger partial charge in [-0.05, 0) is 22.0 Å². The van der Waals surface area contributed by atoms with Crippen LogP contribution in [0.2, 0.25) is 0 Å². The zero-order chi connectivity index (χ0) is 12.3. The van der Waals surface area contributed by atoms with Crippen LogP contribution in [0.3, 0.4) is 0 Å². The van der Waals surface area contributed by atoms with E-state index in [0.29, 0.717) is 10.2 Å². The maximum atomic E-state index is 13.3. The molecule has 2 rings (SSSR count). The minimum atomic E-state index is -0.436. The van der Waals surface area contributed by atoms with Crippen LogP contribution >= 0.6 is 15.9 Å². The van der Waals surface area contributed by atoms with Gasteiger partial charge in [0.15, 0.2) is 5.82 Å². The maximum Gasteiger partial charge on any atom is 0.258 e. The molecule has 0 aromatic carbocycles. The van der Waals surface area contributed by atoms with Crippen LogP contribution in [0, 0.1) is 5.82 Å². The summed E-state index contributed by atoms with van der Waals surface area (Å²) in [6.07, 6.45) is 4.06. The lowest BCUT2D eigenvalue weighted by Crippen LogP contribution is -2.04. The molecule has 7 heteroatoms. The molecule has 0 fully saturated rings. The summed E-state index contributed by atoms with van der Waals surface area (Å²) in [5.41, 5.74) is 5.94. The molecule has 0 aliphatic carbocycles. The van der Waals surface area contributed by atoms with Gasteiger partial charge < -0.3 is 10.5 Å². The Morgan fingerprint density at radius 2 is 2.24 bits per heavy atom. The highest BCUT2D eigenvalue weighted by Gasteiger charge is 2.07. The molecule has 2 heterocycles. The lowest BCUT2D eigenvalue weighted by Gasteiger charge is -2.07.